The fourth-order valence-electron chi connectivity index (χ4n) is 2.50. The van der Waals surface area contributed by atoms with Crippen LogP contribution < -0.4 is 5.32 Å². The maximum absolute atomic E-state index is 4.19. The molecule has 0 saturated heterocycles. The summed E-state index contributed by atoms with van der Waals surface area (Å²) >= 11 is 0. The van der Waals surface area contributed by atoms with Crippen LogP contribution in [-0.2, 0) is 0 Å². The Morgan fingerprint density at radius 2 is 1.94 bits per heavy atom. The molecule has 1 aliphatic carbocycles. The van der Waals surface area contributed by atoms with Gasteiger partial charge in [0.25, 0.3) is 0 Å². The summed E-state index contributed by atoms with van der Waals surface area (Å²) in [5.74, 6) is 0.995. The highest BCUT2D eigenvalue weighted by Crippen LogP contribution is 2.35. The fourth-order valence-corrected chi connectivity index (χ4v) is 2.50. The van der Waals surface area contributed by atoms with Gasteiger partial charge < -0.3 is 5.32 Å². The zero-order valence-corrected chi connectivity index (χ0v) is 11.8. The topological polar surface area (TPSA) is 55.6 Å². The summed E-state index contributed by atoms with van der Waals surface area (Å²) in [5.41, 5.74) is 0. The van der Waals surface area contributed by atoms with Gasteiger partial charge in [0, 0.05) is 6.04 Å². The van der Waals surface area contributed by atoms with Gasteiger partial charge in [0.15, 0.2) is 5.82 Å². The molecular formula is C13H25N5. The van der Waals surface area contributed by atoms with E-state index in [1.807, 2.05) is 4.68 Å². The van der Waals surface area contributed by atoms with Crippen LogP contribution in [0.3, 0.4) is 0 Å². The zero-order chi connectivity index (χ0) is 13.0. The van der Waals surface area contributed by atoms with Crippen LogP contribution in [0, 0.1) is 0 Å². The third kappa shape index (κ3) is 3.28. The maximum Gasteiger partial charge on any atom is 0.168 e. The van der Waals surface area contributed by atoms with Crippen molar-refractivity contribution in [1.82, 2.24) is 25.5 Å². The van der Waals surface area contributed by atoms with Crippen LogP contribution in [0.15, 0.2) is 0 Å². The molecule has 1 fully saturated rings. The van der Waals surface area contributed by atoms with Crippen molar-refractivity contribution in [2.75, 3.05) is 0 Å². The van der Waals surface area contributed by atoms with Gasteiger partial charge in [0.1, 0.15) is 0 Å². The fraction of sp³-hybridized carbons (Fsp3) is 0.923. The van der Waals surface area contributed by atoms with Gasteiger partial charge in [-0.2, -0.15) is 0 Å². The molecule has 102 valence electrons. The van der Waals surface area contributed by atoms with E-state index in [4.69, 9.17) is 0 Å². The second-order valence-corrected chi connectivity index (χ2v) is 5.38. The molecule has 18 heavy (non-hydrogen) atoms. The molecule has 1 aliphatic rings. The highest BCUT2D eigenvalue weighted by molar-refractivity contribution is 4.96. The Hall–Kier alpha value is -0.970. The zero-order valence-electron chi connectivity index (χ0n) is 11.8. The molecule has 0 aromatic carbocycles. The molecule has 5 nitrogen and oxygen atoms in total. The first kappa shape index (κ1) is 13.5. The maximum atomic E-state index is 4.19. The highest BCUT2D eigenvalue weighted by Gasteiger charge is 2.29. The van der Waals surface area contributed by atoms with E-state index in [2.05, 4.69) is 41.6 Å². The van der Waals surface area contributed by atoms with Gasteiger partial charge in [-0.15, -0.1) is 5.10 Å². The minimum atomic E-state index is 0.240. The van der Waals surface area contributed by atoms with Crippen LogP contribution >= 0.6 is 0 Å². The summed E-state index contributed by atoms with van der Waals surface area (Å²) in [6.07, 6.45) is 7.33. The Labute approximate surface area is 109 Å². The van der Waals surface area contributed by atoms with Crippen molar-refractivity contribution in [1.29, 1.82) is 0 Å². The van der Waals surface area contributed by atoms with Crippen molar-refractivity contribution in [3.05, 3.63) is 5.82 Å². The van der Waals surface area contributed by atoms with Gasteiger partial charge in [0.05, 0.1) is 12.1 Å². The minimum Gasteiger partial charge on any atom is -0.305 e. The van der Waals surface area contributed by atoms with Crippen LogP contribution in [-0.4, -0.2) is 26.2 Å². The van der Waals surface area contributed by atoms with Crippen molar-refractivity contribution in [2.45, 2.75) is 77.4 Å². The van der Waals surface area contributed by atoms with E-state index in [9.17, 15) is 0 Å². The number of nitrogens with one attached hydrogen (secondary N) is 1. The number of hydrogen-bond donors (Lipinski definition) is 1. The average molecular weight is 251 g/mol. The molecule has 0 radical (unpaired) electrons. The molecule has 1 saturated carbocycles. The van der Waals surface area contributed by atoms with Crippen LogP contribution in [0.4, 0.5) is 0 Å². The third-order valence-corrected chi connectivity index (χ3v) is 3.56. The van der Waals surface area contributed by atoms with E-state index in [1.165, 1.54) is 38.5 Å². The van der Waals surface area contributed by atoms with Crippen molar-refractivity contribution >= 4 is 0 Å². The normalized spacial score (nSPS) is 17.3. The second kappa shape index (κ2) is 6.27. The first-order valence-electron chi connectivity index (χ1n) is 7.30. The van der Waals surface area contributed by atoms with Crippen molar-refractivity contribution in [2.24, 2.45) is 0 Å². The molecule has 2 rings (SSSR count). The number of aromatic nitrogens is 4. The number of nitrogens with zero attached hydrogens (tertiary/aromatic N) is 4. The van der Waals surface area contributed by atoms with Gasteiger partial charge in [-0.05, 0) is 43.0 Å². The standard InChI is InChI=1S/C13H25N5/c1-4-6-11(7-5-2)14-10(3)13-15-16-17-18(13)12-8-9-12/h10-12,14H,4-9H2,1-3H3/t10-/m1/s1. The van der Waals surface area contributed by atoms with Gasteiger partial charge >= 0.3 is 0 Å². The van der Waals surface area contributed by atoms with E-state index in [-0.39, 0.29) is 6.04 Å². The highest BCUT2D eigenvalue weighted by atomic mass is 15.6. The summed E-state index contributed by atoms with van der Waals surface area (Å²) in [6.45, 7) is 6.65. The molecule has 1 aromatic rings. The molecule has 1 atom stereocenters. The van der Waals surface area contributed by atoms with E-state index in [1.54, 1.807) is 0 Å². The van der Waals surface area contributed by atoms with E-state index < -0.39 is 0 Å². The lowest BCUT2D eigenvalue weighted by molar-refractivity contribution is 0.382. The lowest BCUT2D eigenvalue weighted by atomic mass is 10.1. The molecule has 0 unspecified atom stereocenters. The SMILES string of the molecule is CCCC(CCC)N[C@H](C)c1nnnn1C1CC1. The van der Waals surface area contributed by atoms with Crippen molar-refractivity contribution in [3.8, 4) is 0 Å². The smallest absolute Gasteiger partial charge is 0.168 e. The largest absolute Gasteiger partial charge is 0.305 e. The minimum absolute atomic E-state index is 0.240. The predicted octanol–water partition coefficient (Wildman–Crippen LogP) is 2.63. The molecule has 1 N–H and O–H groups in total. The quantitative estimate of drug-likeness (QED) is 0.771. The molecule has 0 aliphatic heterocycles. The molecule has 1 heterocycles. The lowest BCUT2D eigenvalue weighted by Crippen LogP contribution is -2.33. The monoisotopic (exact) mass is 251 g/mol. The third-order valence-electron chi connectivity index (χ3n) is 3.56. The van der Waals surface area contributed by atoms with Crippen molar-refractivity contribution in [3.63, 3.8) is 0 Å². The van der Waals surface area contributed by atoms with Crippen molar-refractivity contribution < 1.29 is 0 Å². The second-order valence-electron chi connectivity index (χ2n) is 5.38. The summed E-state index contributed by atoms with van der Waals surface area (Å²) in [7, 11) is 0. The van der Waals surface area contributed by atoms with Gasteiger partial charge in [-0.1, -0.05) is 26.7 Å². The summed E-state index contributed by atoms with van der Waals surface area (Å²) < 4.78 is 2.01. The first-order valence-corrected chi connectivity index (χ1v) is 7.30. The molecular weight excluding hydrogens is 226 g/mol. The van der Waals surface area contributed by atoms with E-state index in [0.717, 1.165) is 5.82 Å². The van der Waals surface area contributed by atoms with Crippen LogP contribution in [0.2, 0.25) is 0 Å². The summed E-state index contributed by atoms with van der Waals surface area (Å²) in [6, 6.07) is 1.37. The summed E-state index contributed by atoms with van der Waals surface area (Å²) in [4.78, 5) is 0. The Morgan fingerprint density at radius 1 is 1.28 bits per heavy atom. The average Bonchev–Trinajstić information content (AvgIpc) is 3.07. The summed E-state index contributed by atoms with van der Waals surface area (Å²) in [5, 5.41) is 15.8. The van der Waals surface area contributed by atoms with Gasteiger partial charge in [0.2, 0.25) is 0 Å². The van der Waals surface area contributed by atoms with Gasteiger partial charge in [-0.3, -0.25) is 0 Å². The Balaban J connectivity index is 1.96. The Kier molecular flexibility index (Phi) is 4.69. The number of rotatable bonds is 8. The molecule has 1 aromatic heterocycles. The van der Waals surface area contributed by atoms with Crippen LogP contribution in [0.1, 0.15) is 77.2 Å². The first-order chi connectivity index (χ1) is 8.76. The number of hydrogen-bond acceptors (Lipinski definition) is 4. The predicted molar refractivity (Wildman–Crippen MR) is 71.2 cm³/mol. The van der Waals surface area contributed by atoms with Gasteiger partial charge in [-0.25, -0.2) is 4.68 Å². The molecule has 0 spiro atoms. The van der Waals surface area contributed by atoms with E-state index in [0.29, 0.717) is 12.1 Å². The van der Waals surface area contributed by atoms with E-state index >= 15 is 0 Å². The number of tetrazole rings is 1. The molecule has 5 heteroatoms. The molecule has 0 bridgehead atoms. The van der Waals surface area contributed by atoms with Crippen LogP contribution in [0.25, 0.3) is 0 Å². The lowest BCUT2D eigenvalue weighted by Gasteiger charge is -2.22. The Bertz CT molecular complexity index is 352. The molecule has 0 amide bonds. The Morgan fingerprint density at radius 3 is 2.50 bits per heavy atom. The van der Waals surface area contributed by atoms with Crippen LogP contribution in [0.5, 0.6) is 0 Å².